The van der Waals surface area contributed by atoms with E-state index in [4.69, 9.17) is 11.6 Å². The van der Waals surface area contributed by atoms with E-state index in [-0.39, 0.29) is 22.3 Å². The Hall–Kier alpha value is -2.28. The molecule has 0 fully saturated rings. The van der Waals surface area contributed by atoms with Crippen LogP contribution in [0.2, 0.25) is 5.02 Å². The predicted octanol–water partition coefficient (Wildman–Crippen LogP) is 4.64. The molecule has 0 bridgehead atoms. The number of carbonyl (C=O) groups excluding carboxylic acids is 1. The van der Waals surface area contributed by atoms with Crippen LogP contribution in [0.25, 0.3) is 0 Å². The third-order valence-corrected chi connectivity index (χ3v) is 3.33. The molecule has 0 saturated carbocycles. The Labute approximate surface area is 142 Å². The molecule has 0 radical (unpaired) electrons. The second-order valence-corrected chi connectivity index (χ2v) is 5.44. The van der Waals surface area contributed by atoms with Gasteiger partial charge in [0, 0.05) is 11.6 Å². The quantitative estimate of drug-likeness (QED) is 0.819. The fourth-order valence-corrected chi connectivity index (χ4v) is 2.12. The first-order valence-corrected chi connectivity index (χ1v) is 7.57. The summed E-state index contributed by atoms with van der Waals surface area (Å²) >= 11 is 5.64. The molecule has 0 aliphatic rings. The van der Waals surface area contributed by atoms with Crippen LogP contribution in [0.1, 0.15) is 29.4 Å². The summed E-state index contributed by atoms with van der Waals surface area (Å²) in [7, 11) is 0. The van der Waals surface area contributed by atoms with Crippen molar-refractivity contribution in [2.75, 3.05) is 11.9 Å². The van der Waals surface area contributed by atoms with Crippen molar-refractivity contribution >= 4 is 28.9 Å². The normalized spacial score (nSPS) is 11.2. The lowest BCUT2D eigenvalue weighted by atomic mass is 10.1. The number of nitrogens with one attached hydrogen (secondary N) is 2. The first kappa shape index (κ1) is 18.1. The smallest absolute Gasteiger partial charge is 0.354 e. The van der Waals surface area contributed by atoms with Crippen molar-refractivity contribution < 1.29 is 18.0 Å². The molecule has 1 aromatic heterocycles. The summed E-state index contributed by atoms with van der Waals surface area (Å²) in [5, 5.41) is 5.30. The highest BCUT2D eigenvalue weighted by atomic mass is 35.5. The average molecular weight is 358 g/mol. The molecule has 0 aliphatic heterocycles. The molecule has 2 N–H and O–H groups in total. The van der Waals surface area contributed by atoms with E-state index in [1.165, 1.54) is 30.5 Å². The number of hydrogen-bond acceptors (Lipinski definition) is 3. The van der Waals surface area contributed by atoms with Gasteiger partial charge in [0.1, 0.15) is 5.69 Å². The van der Waals surface area contributed by atoms with Crippen LogP contribution in [-0.4, -0.2) is 17.4 Å². The Kier molecular flexibility index (Phi) is 5.66. The van der Waals surface area contributed by atoms with Gasteiger partial charge < -0.3 is 10.6 Å². The van der Waals surface area contributed by atoms with Gasteiger partial charge in [0.25, 0.3) is 5.91 Å². The van der Waals surface area contributed by atoms with Crippen LogP contribution in [0.4, 0.5) is 24.5 Å². The van der Waals surface area contributed by atoms with Crippen LogP contribution >= 0.6 is 11.6 Å². The van der Waals surface area contributed by atoms with Gasteiger partial charge in [0.2, 0.25) is 0 Å². The van der Waals surface area contributed by atoms with Gasteiger partial charge in [0.15, 0.2) is 0 Å². The van der Waals surface area contributed by atoms with E-state index >= 15 is 0 Å². The van der Waals surface area contributed by atoms with Crippen LogP contribution in [0, 0.1) is 0 Å². The SMILES string of the molecule is CCCNC(=O)c1ccc(Nc2ccc(Cl)cc2C(F)(F)F)cn1. The fourth-order valence-electron chi connectivity index (χ4n) is 1.95. The zero-order chi connectivity index (χ0) is 17.7. The maximum Gasteiger partial charge on any atom is 0.418 e. The molecule has 0 unspecified atom stereocenters. The number of hydrogen-bond donors (Lipinski definition) is 2. The van der Waals surface area contributed by atoms with E-state index in [0.717, 1.165) is 12.5 Å². The Morgan fingerprint density at radius 3 is 2.58 bits per heavy atom. The summed E-state index contributed by atoms with van der Waals surface area (Å²) in [6.07, 6.45) is -2.45. The van der Waals surface area contributed by atoms with Crippen LogP contribution in [-0.2, 0) is 6.18 Å². The lowest BCUT2D eigenvalue weighted by molar-refractivity contribution is -0.136. The lowest BCUT2D eigenvalue weighted by Gasteiger charge is -2.15. The van der Waals surface area contributed by atoms with E-state index in [2.05, 4.69) is 15.6 Å². The number of aromatic nitrogens is 1. The van der Waals surface area contributed by atoms with Crippen molar-refractivity contribution in [2.24, 2.45) is 0 Å². The zero-order valence-electron chi connectivity index (χ0n) is 12.7. The van der Waals surface area contributed by atoms with Crippen molar-refractivity contribution in [2.45, 2.75) is 19.5 Å². The molecular weight excluding hydrogens is 343 g/mol. The minimum absolute atomic E-state index is 0.00561. The van der Waals surface area contributed by atoms with Crippen molar-refractivity contribution in [3.63, 3.8) is 0 Å². The van der Waals surface area contributed by atoms with Crippen LogP contribution in [0.3, 0.4) is 0 Å². The molecular formula is C16H15ClF3N3O. The minimum Gasteiger partial charge on any atom is -0.354 e. The number of alkyl halides is 3. The number of anilines is 2. The Bertz CT molecular complexity index is 717. The zero-order valence-corrected chi connectivity index (χ0v) is 13.5. The third kappa shape index (κ3) is 4.61. The highest BCUT2D eigenvalue weighted by Crippen LogP contribution is 2.37. The van der Waals surface area contributed by atoms with E-state index < -0.39 is 11.7 Å². The molecule has 128 valence electrons. The summed E-state index contributed by atoms with van der Waals surface area (Å²) in [4.78, 5) is 15.7. The number of carbonyl (C=O) groups is 1. The van der Waals surface area contributed by atoms with Gasteiger partial charge in [-0.1, -0.05) is 18.5 Å². The van der Waals surface area contributed by atoms with Gasteiger partial charge in [-0.05, 0) is 36.8 Å². The molecule has 8 heteroatoms. The third-order valence-electron chi connectivity index (χ3n) is 3.10. The lowest BCUT2D eigenvalue weighted by Crippen LogP contribution is -2.24. The first-order valence-electron chi connectivity index (χ1n) is 7.19. The van der Waals surface area contributed by atoms with Gasteiger partial charge in [-0.2, -0.15) is 13.2 Å². The largest absolute Gasteiger partial charge is 0.418 e. The second-order valence-electron chi connectivity index (χ2n) is 5.00. The molecule has 0 spiro atoms. The maximum absolute atomic E-state index is 13.1. The fraction of sp³-hybridized carbons (Fsp3) is 0.250. The summed E-state index contributed by atoms with van der Waals surface area (Å²) in [6.45, 7) is 2.45. The monoisotopic (exact) mass is 357 g/mol. The maximum atomic E-state index is 13.1. The summed E-state index contributed by atoms with van der Waals surface area (Å²) < 4.78 is 39.2. The first-order chi connectivity index (χ1) is 11.3. The van der Waals surface area contributed by atoms with Crippen molar-refractivity contribution in [3.8, 4) is 0 Å². The molecule has 1 amide bonds. The second kappa shape index (κ2) is 7.53. The molecule has 0 atom stereocenters. The predicted molar refractivity (Wildman–Crippen MR) is 86.6 cm³/mol. The Morgan fingerprint density at radius 1 is 1.25 bits per heavy atom. The number of nitrogens with zero attached hydrogens (tertiary/aromatic N) is 1. The average Bonchev–Trinajstić information content (AvgIpc) is 2.54. The highest BCUT2D eigenvalue weighted by molar-refractivity contribution is 6.30. The molecule has 1 aromatic carbocycles. The van der Waals surface area contributed by atoms with Gasteiger partial charge in [0.05, 0.1) is 23.1 Å². The number of halogens is 4. The molecule has 4 nitrogen and oxygen atoms in total. The van der Waals surface area contributed by atoms with Crippen LogP contribution in [0.15, 0.2) is 36.5 Å². The molecule has 1 heterocycles. The molecule has 2 rings (SSSR count). The van der Waals surface area contributed by atoms with E-state index in [1.54, 1.807) is 0 Å². The number of pyridine rings is 1. The Morgan fingerprint density at radius 2 is 2.00 bits per heavy atom. The molecule has 2 aromatic rings. The van der Waals surface area contributed by atoms with E-state index in [1.807, 2.05) is 6.92 Å². The van der Waals surface area contributed by atoms with E-state index in [0.29, 0.717) is 12.2 Å². The van der Waals surface area contributed by atoms with Gasteiger partial charge >= 0.3 is 6.18 Å². The minimum atomic E-state index is -4.54. The van der Waals surface area contributed by atoms with Crippen LogP contribution in [0.5, 0.6) is 0 Å². The van der Waals surface area contributed by atoms with Gasteiger partial charge in [-0.3, -0.25) is 4.79 Å². The number of benzene rings is 1. The van der Waals surface area contributed by atoms with Gasteiger partial charge in [-0.25, -0.2) is 4.98 Å². The topological polar surface area (TPSA) is 54.0 Å². The van der Waals surface area contributed by atoms with Crippen molar-refractivity contribution in [1.82, 2.24) is 10.3 Å². The molecule has 24 heavy (non-hydrogen) atoms. The van der Waals surface area contributed by atoms with E-state index in [9.17, 15) is 18.0 Å². The number of rotatable bonds is 5. The standard InChI is InChI=1S/C16H15ClF3N3O/c1-2-7-21-15(24)14-6-4-11(9-22-14)23-13-5-3-10(17)8-12(13)16(18,19)20/h3-6,8-9,23H,2,7H2,1H3,(H,21,24). The van der Waals surface area contributed by atoms with Crippen molar-refractivity contribution in [1.29, 1.82) is 0 Å². The Balaban J connectivity index is 2.19. The summed E-state index contributed by atoms with van der Waals surface area (Å²) in [5.74, 6) is -0.328. The van der Waals surface area contributed by atoms with Crippen LogP contribution < -0.4 is 10.6 Å². The number of amides is 1. The van der Waals surface area contributed by atoms with Crippen molar-refractivity contribution in [3.05, 3.63) is 52.8 Å². The summed E-state index contributed by atoms with van der Waals surface area (Å²) in [6, 6.07) is 6.38. The molecule has 0 saturated heterocycles. The molecule has 0 aliphatic carbocycles. The summed E-state index contributed by atoms with van der Waals surface area (Å²) in [5.41, 5.74) is -0.493. The highest BCUT2D eigenvalue weighted by Gasteiger charge is 2.33. The van der Waals surface area contributed by atoms with Gasteiger partial charge in [-0.15, -0.1) is 0 Å².